The number of aryl methyl sites for hydroxylation is 3. The average Bonchev–Trinajstić information content (AvgIpc) is 2.71. The van der Waals surface area contributed by atoms with Crippen LogP contribution in [0.3, 0.4) is 0 Å². The van der Waals surface area contributed by atoms with Crippen LogP contribution in [-0.4, -0.2) is 32.3 Å². The molecule has 0 saturated heterocycles. The molecular weight excluding hydrogens is 445 g/mol. The third-order valence-electron chi connectivity index (χ3n) is 5.89. The molecule has 33 heavy (non-hydrogen) atoms. The van der Waals surface area contributed by atoms with Gasteiger partial charge in [0.15, 0.2) is 0 Å². The largest absolute Gasteiger partial charge is 0.353 e. The summed E-state index contributed by atoms with van der Waals surface area (Å²) in [5, 5.41) is 5.47. The predicted molar refractivity (Wildman–Crippen MR) is 126 cm³/mol. The van der Waals surface area contributed by atoms with E-state index in [9.17, 15) is 22.4 Å². The lowest BCUT2D eigenvalue weighted by Gasteiger charge is -2.37. The second-order valence-electron chi connectivity index (χ2n) is 8.48. The Labute approximate surface area is 194 Å². The Kier molecular flexibility index (Phi) is 7.11. The van der Waals surface area contributed by atoms with Crippen LogP contribution in [0.1, 0.15) is 49.8 Å². The Morgan fingerprint density at radius 1 is 1.12 bits per heavy atom. The lowest BCUT2D eigenvalue weighted by atomic mass is 10.1. The zero-order valence-electron chi connectivity index (χ0n) is 19.5. The number of amides is 2. The van der Waals surface area contributed by atoms with Crippen molar-refractivity contribution in [2.75, 3.05) is 9.62 Å². The molecule has 7 nitrogen and oxygen atoms in total. The van der Waals surface area contributed by atoms with Gasteiger partial charge in [-0.25, -0.2) is 12.8 Å². The molecule has 1 heterocycles. The molecule has 2 N–H and O–H groups in total. The summed E-state index contributed by atoms with van der Waals surface area (Å²) >= 11 is 0. The molecule has 2 aromatic carbocycles. The Bertz CT molecular complexity index is 1170. The Hall–Kier alpha value is -2.94. The lowest BCUT2D eigenvalue weighted by molar-refractivity contribution is -0.125. The fourth-order valence-electron chi connectivity index (χ4n) is 4.38. The molecule has 1 atom stereocenters. The first-order valence-electron chi connectivity index (χ1n) is 11.0. The smallest absolute Gasteiger partial charge is 0.265 e. The molecule has 1 aliphatic heterocycles. The van der Waals surface area contributed by atoms with Gasteiger partial charge in [0.1, 0.15) is 11.9 Å². The van der Waals surface area contributed by atoms with Crippen LogP contribution < -0.4 is 14.9 Å². The molecule has 2 amide bonds. The number of hydrogen-bond donors (Lipinski definition) is 2. The molecule has 0 fully saturated rings. The number of nitrogens with zero attached hydrogens (tertiary/aromatic N) is 1. The molecule has 0 spiro atoms. The number of halogens is 1. The van der Waals surface area contributed by atoms with Crippen molar-refractivity contribution in [3.05, 3.63) is 52.8 Å². The molecule has 0 aliphatic carbocycles. The van der Waals surface area contributed by atoms with E-state index in [1.165, 1.54) is 6.07 Å². The maximum absolute atomic E-state index is 14.2. The van der Waals surface area contributed by atoms with Crippen molar-refractivity contribution < 1.29 is 22.4 Å². The zero-order chi connectivity index (χ0) is 24.5. The van der Waals surface area contributed by atoms with Gasteiger partial charge in [-0.1, -0.05) is 31.5 Å². The van der Waals surface area contributed by atoms with E-state index in [1.54, 1.807) is 26.0 Å². The summed E-state index contributed by atoms with van der Waals surface area (Å²) in [5.41, 5.74) is 2.08. The van der Waals surface area contributed by atoms with Crippen LogP contribution in [0, 0.1) is 26.6 Å². The topological polar surface area (TPSA) is 95.6 Å². The molecule has 0 radical (unpaired) electrons. The highest BCUT2D eigenvalue weighted by molar-refractivity contribution is 7.93. The highest BCUT2D eigenvalue weighted by Gasteiger charge is 2.43. The number of benzene rings is 2. The molecule has 0 saturated carbocycles. The molecule has 178 valence electrons. The highest BCUT2D eigenvalue weighted by Crippen LogP contribution is 2.39. The zero-order valence-corrected chi connectivity index (χ0v) is 20.3. The molecule has 0 aromatic heterocycles. The van der Waals surface area contributed by atoms with E-state index in [0.717, 1.165) is 22.0 Å². The molecule has 9 heteroatoms. The SMILES string of the molecule is CCC(CC)NC(=O)CC1C(=O)Nc2ccc(F)cc2N1S(=O)(=O)c1c(C)cc(C)cc1C. The molecule has 3 rings (SSSR count). The van der Waals surface area contributed by atoms with E-state index in [2.05, 4.69) is 10.6 Å². The minimum absolute atomic E-state index is 0.00527. The van der Waals surface area contributed by atoms with Crippen molar-refractivity contribution in [3.63, 3.8) is 0 Å². The van der Waals surface area contributed by atoms with E-state index in [-0.39, 0.29) is 28.7 Å². The third kappa shape index (κ3) is 4.88. The Morgan fingerprint density at radius 2 is 1.73 bits per heavy atom. The van der Waals surface area contributed by atoms with Gasteiger partial charge in [0.05, 0.1) is 22.7 Å². The van der Waals surface area contributed by atoms with Gasteiger partial charge in [-0.15, -0.1) is 0 Å². The van der Waals surface area contributed by atoms with Gasteiger partial charge in [0, 0.05) is 12.1 Å². The predicted octanol–water partition coefficient (Wildman–Crippen LogP) is 3.96. The second-order valence-corrected chi connectivity index (χ2v) is 10.2. The van der Waals surface area contributed by atoms with E-state index in [1.807, 2.05) is 20.8 Å². The van der Waals surface area contributed by atoms with Gasteiger partial charge in [-0.05, 0) is 56.9 Å². The van der Waals surface area contributed by atoms with Crippen LogP contribution in [0.25, 0.3) is 0 Å². The van der Waals surface area contributed by atoms with Gasteiger partial charge in [-0.3, -0.25) is 13.9 Å². The van der Waals surface area contributed by atoms with Crippen LogP contribution in [0.5, 0.6) is 0 Å². The van der Waals surface area contributed by atoms with E-state index < -0.39 is 33.7 Å². The van der Waals surface area contributed by atoms with Crippen molar-refractivity contribution in [1.29, 1.82) is 0 Å². The standard InChI is InChI=1S/C24H30FN3O4S/c1-6-18(7-2)26-22(29)13-21-24(30)27-19-9-8-17(25)12-20(19)28(21)33(31,32)23-15(4)10-14(3)11-16(23)5/h8-12,18,21H,6-7,13H2,1-5H3,(H,26,29)(H,27,30). The van der Waals surface area contributed by atoms with E-state index >= 15 is 0 Å². The number of fused-ring (bicyclic) bond motifs is 1. The number of anilines is 2. The maximum atomic E-state index is 14.2. The molecule has 2 aromatic rings. The molecule has 1 unspecified atom stereocenters. The summed E-state index contributed by atoms with van der Waals surface area (Å²) in [6.45, 7) is 9.08. The highest BCUT2D eigenvalue weighted by atomic mass is 32.2. The number of sulfonamides is 1. The molecular formula is C24H30FN3O4S. The summed E-state index contributed by atoms with van der Waals surface area (Å²) in [5.74, 6) is -1.73. The van der Waals surface area contributed by atoms with Crippen LogP contribution in [0.2, 0.25) is 0 Å². The van der Waals surface area contributed by atoms with Gasteiger partial charge >= 0.3 is 0 Å². The van der Waals surface area contributed by atoms with Crippen molar-refractivity contribution in [3.8, 4) is 0 Å². The molecule has 1 aliphatic rings. The van der Waals surface area contributed by atoms with E-state index in [4.69, 9.17) is 0 Å². The number of nitrogens with one attached hydrogen (secondary N) is 2. The minimum Gasteiger partial charge on any atom is -0.353 e. The van der Waals surface area contributed by atoms with E-state index in [0.29, 0.717) is 24.0 Å². The van der Waals surface area contributed by atoms with Gasteiger partial charge in [0.25, 0.3) is 10.0 Å². The van der Waals surface area contributed by atoms with Crippen LogP contribution in [0.4, 0.5) is 15.8 Å². The van der Waals surface area contributed by atoms with Gasteiger partial charge in [-0.2, -0.15) is 0 Å². The number of carbonyl (C=O) groups excluding carboxylic acids is 2. The number of rotatable bonds is 7. The fourth-order valence-corrected chi connectivity index (χ4v) is 6.43. The third-order valence-corrected chi connectivity index (χ3v) is 8.02. The van der Waals surface area contributed by atoms with Crippen LogP contribution in [-0.2, 0) is 19.6 Å². The summed E-state index contributed by atoms with van der Waals surface area (Å²) < 4.78 is 43.1. The second kappa shape index (κ2) is 9.51. The Balaban J connectivity index is 2.15. The monoisotopic (exact) mass is 475 g/mol. The quantitative estimate of drug-likeness (QED) is 0.634. The summed E-state index contributed by atoms with van der Waals surface area (Å²) in [7, 11) is -4.31. The van der Waals surface area contributed by atoms with Crippen molar-refractivity contribution in [1.82, 2.24) is 5.32 Å². The van der Waals surface area contributed by atoms with Crippen molar-refractivity contribution >= 4 is 33.2 Å². The minimum atomic E-state index is -4.31. The number of hydrogen-bond acceptors (Lipinski definition) is 4. The normalized spacial score (nSPS) is 15.9. The van der Waals surface area contributed by atoms with Crippen LogP contribution >= 0.6 is 0 Å². The molecule has 0 bridgehead atoms. The first-order valence-corrected chi connectivity index (χ1v) is 12.5. The Morgan fingerprint density at radius 3 is 2.30 bits per heavy atom. The maximum Gasteiger partial charge on any atom is 0.265 e. The van der Waals surface area contributed by atoms with Crippen LogP contribution in [0.15, 0.2) is 35.2 Å². The van der Waals surface area contributed by atoms with Gasteiger partial charge in [0.2, 0.25) is 11.8 Å². The summed E-state index contributed by atoms with van der Waals surface area (Å²) in [6, 6.07) is 5.57. The summed E-state index contributed by atoms with van der Waals surface area (Å²) in [6.07, 6.45) is 1.02. The number of carbonyl (C=O) groups is 2. The van der Waals surface area contributed by atoms with Crippen molar-refractivity contribution in [2.24, 2.45) is 0 Å². The first kappa shape index (κ1) is 24.7. The fraction of sp³-hybridized carbons (Fsp3) is 0.417. The summed E-state index contributed by atoms with van der Waals surface area (Å²) in [4.78, 5) is 25.8. The van der Waals surface area contributed by atoms with Gasteiger partial charge < -0.3 is 10.6 Å². The first-order chi connectivity index (χ1) is 15.5. The lowest BCUT2D eigenvalue weighted by Crippen LogP contribution is -2.53. The average molecular weight is 476 g/mol. The van der Waals surface area contributed by atoms with Crippen molar-refractivity contribution in [2.45, 2.75) is 70.9 Å².